The number of halogens is 2. The number of nitrogens with zero attached hydrogens (tertiary/aromatic N) is 3. The zero-order valence-electron chi connectivity index (χ0n) is 10.4. The number of nitriles is 1. The molecule has 0 amide bonds. The molecular weight excluding hydrogens is 384 g/mol. The van der Waals surface area contributed by atoms with Gasteiger partial charge in [0.2, 0.25) is 0 Å². The minimum atomic E-state index is 0.310. The molecule has 3 rings (SSSR count). The Bertz CT molecular complexity index is 737. The second-order valence-electron chi connectivity index (χ2n) is 4.59. The summed E-state index contributed by atoms with van der Waals surface area (Å²) in [7, 11) is 0. The number of aromatic nitrogens is 1. The van der Waals surface area contributed by atoms with Crippen molar-refractivity contribution >= 4 is 43.4 Å². The van der Waals surface area contributed by atoms with Crippen LogP contribution in [0.2, 0.25) is 0 Å². The van der Waals surface area contributed by atoms with Crippen LogP contribution in [-0.4, -0.2) is 4.98 Å². The highest BCUT2D eigenvalue weighted by Crippen LogP contribution is 2.34. The van der Waals surface area contributed by atoms with Gasteiger partial charge in [0.25, 0.3) is 0 Å². The molecular formula is C14H10Br2N4. The minimum absolute atomic E-state index is 0.310. The lowest BCUT2D eigenvalue weighted by Gasteiger charge is -2.18. The molecule has 0 radical (unpaired) electrons. The number of nitrogens with two attached hydrogens (primary N) is 1. The fourth-order valence-electron chi connectivity index (χ4n) is 2.36. The summed E-state index contributed by atoms with van der Waals surface area (Å²) in [4.78, 5) is 6.29. The van der Waals surface area contributed by atoms with Gasteiger partial charge in [-0.2, -0.15) is 5.26 Å². The lowest BCUT2D eigenvalue weighted by atomic mass is 10.1. The summed E-state index contributed by atoms with van der Waals surface area (Å²) in [6, 6.07) is 8.26. The average Bonchev–Trinajstić information content (AvgIpc) is 2.86. The number of rotatable bonds is 1. The number of hydrogen-bond donors (Lipinski definition) is 1. The van der Waals surface area contributed by atoms with Gasteiger partial charge in [-0.15, -0.1) is 0 Å². The third-order valence-electron chi connectivity index (χ3n) is 3.40. The van der Waals surface area contributed by atoms with Crippen LogP contribution in [0.15, 0.2) is 33.3 Å². The fourth-order valence-corrected chi connectivity index (χ4v) is 2.98. The van der Waals surface area contributed by atoms with E-state index in [9.17, 15) is 5.26 Å². The summed E-state index contributed by atoms with van der Waals surface area (Å²) in [6.07, 6.45) is 1.76. The van der Waals surface area contributed by atoms with E-state index < -0.39 is 0 Å². The lowest BCUT2D eigenvalue weighted by Crippen LogP contribution is -2.14. The molecule has 2 N–H and O–H groups in total. The van der Waals surface area contributed by atoms with Gasteiger partial charge in [0, 0.05) is 33.9 Å². The van der Waals surface area contributed by atoms with Crippen LogP contribution in [0.3, 0.4) is 0 Å². The van der Waals surface area contributed by atoms with Crippen molar-refractivity contribution in [2.45, 2.75) is 13.1 Å². The molecule has 1 aliphatic rings. The van der Waals surface area contributed by atoms with E-state index in [0.29, 0.717) is 17.9 Å². The summed E-state index contributed by atoms with van der Waals surface area (Å²) >= 11 is 6.97. The van der Waals surface area contributed by atoms with Crippen molar-refractivity contribution in [1.82, 2.24) is 4.98 Å². The molecule has 1 aromatic carbocycles. The van der Waals surface area contributed by atoms with E-state index in [1.54, 1.807) is 6.20 Å². The Hall–Kier alpha value is -1.58. The standard InChI is InChI=1S/C14H10Br2N4/c15-12-2-1-9(3-13(12)16)20-6-8-5-19-14(18)10(4-17)11(8)7-20/h1-3,5H,6-7H2,(H2,18,19). The van der Waals surface area contributed by atoms with E-state index in [4.69, 9.17) is 5.73 Å². The largest absolute Gasteiger partial charge is 0.383 e. The maximum Gasteiger partial charge on any atom is 0.141 e. The van der Waals surface area contributed by atoms with Crippen molar-refractivity contribution in [3.8, 4) is 6.07 Å². The van der Waals surface area contributed by atoms with Crippen molar-refractivity contribution in [1.29, 1.82) is 5.26 Å². The van der Waals surface area contributed by atoms with Gasteiger partial charge in [0.1, 0.15) is 11.9 Å². The molecule has 0 atom stereocenters. The highest BCUT2D eigenvalue weighted by atomic mass is 79.9. The summed E-state index contributed by atoms with van der Waals surface area (Å²) in [5.41, 5.74) is 9.41. The van der Waals surface area contributed by atoms with Gasteiger partial charge in [-0.05, 0) is 61.2 Å². The summed E-state index contributed by atoms with van der Waals surface area (Å²) < 4.78 is 2.02. The fraction of sp³-hybridized carbons (Fsp3) is 0.143. The first-order chi connectivity index (χ1) is 9.60. The van der Waals surface area contributed by atoms with Crippen molar-refractivity contribution in [2.24, 2.45) is 0 Å². The third kappa shape index (κ3) is 2.17. The van der Waals surface area contributed by atoms with E-state index in [1.807, 2.05) is 12.1 Å². The van der Waals surface area contributed by atoms with Gasteiger partial charge < -0.3 is 10.6 Å². The van der Waals surface area contributed by atoms with E-state index in [1.165, 1.54) is 0 Å². The summed E-state index contributed by atoms with van der Waals surface area (Å²) in [5.74, 6) is 0.310. The molecule has 20 heavy (non-hydrogen) atoms. The van der Waals surface area contributed by atoms with Crippen molar-refractivity contribution < 1.29 is 0 Å². The first kappa shape index (κ1) is 13.4. The van der Waals surface area contributed by atoms with Gasteiger partial charge >= 0.3 is 0 Å². The number of nitrogen functional groups attached to an aromatic ring is 1. The van der Waals surface area contributed by atoms with Crippen LogP contribution in [0.1, 0.15) is 16.7 Å². The van der Waals surface area contributed by atoms with Gasteiger partial charge in [0.05, 0.1) is 5.56 Å². The average molecular weight is 394 g/mol. The van der Waals surface area contributed by atoms with E-state index in [0.717, 1.165) is 32.3 Å². The summed E-state index contributed by atoms with van der Waals surface area (Å²) in [5, 5.41) is 9.22. The smallest absolute Gasteiger partial charge is 0.141 e. The second-order valence-corrected chi connectivity index (χ2v) is 6.30. The highest BCUT2D eigenvalue weighted by molar-refractivity contribution is 9.13. The van der Waals surface area contributed by atoms with Gasteiger partial charge in [-0.3, -0.25) is 0 Å². The Labute approximate surface area is 133 Å². The first-order valence-corrected chi connectivity index (χ1v) is 7.55. The zero-order valence-corrected chi connectivity index (χ0v) is 13.6. The Balaban J connectivity index is 1.98. The maximum atomic E-state index is 9.22. The number of fused-ring (bicyclic) bond motifs is 1. The molecule has 4 nitrogen and oxygen atoms in total. The van der Waals surface area contributed by atoms with E-state index in [-0.39, 0.29) is 0 Å². The Morgan fingerprint density at radius 3 is 2.75 bits per heavy atom. The van der Waals surface area contributed by atoms with Crippen molar-refractivity contribution in [3.05, 3.63) is 50.0 Å². The minimum Gasteiger partial charge on any atom is -0.383 e. The molecule has 2 heterocycles. The Morgan fingerprint density at radius 2 is 2.05 bits per heavy atom. The molecule has 0 unspecified atom stereocenters. The third-order valence-corrected chi connectivity index (χ3v) is 5.27. The topological polar surface area (TPSA) is 65.9 Å². The number of anilines is 2. The molecule has 1 aliphatic heterocycles. The maximum absolute atomic E-state index is 9.22. The number of pyridine rings is 1. The molecule has 0 saturated heterocycles. The molecule has 100 valence electrons. The van der Waals surface area contributed by atoms with Crippen LogP contribution < -0.4 is 10.6 Å². The zero-order chi connectivity index (χ0) is 14.3. The highest BCUT2D eigenvalue weighted by Gasteiger charge is 2.24. The number of hydrogen-bond acceptors (Lipinski definition) is 4. The SMILES string of the molecule is N#Cc1c(N)ncc2c1CN(c1ccc(Br)c(Br)c1)C2. The van der Waals surface area contributed by atoms with Gasteiger partial charge in [-0.25, -0.2) is 4.98 Å². The molecule has 0 saturated carbocycles. The van der Waals surface area contributed by atoms with Crippen LogP contribution in [0.4, 0.5) is 11.5 Å². The van der Waals surface area contributed by atoms with Crippen LogP contribution in [-0.2, 0) is 13.1 Å². The first-order valence-electron chi connectivity index (χ1n) is 5.96. The summed E-state index contributed by atoms with van der Waals surface area (Å²) in [6.45, 7) is 1.42. The molecule has 6 heteroatoms. The van der Waals surface area contributed by atoms with Crippen LogP contribution >= 0.6 is 31.9 Å². The lowest BCUT2D eigenvalue weighted by molar-refractivity contribution is 0.878. The monoisotopic (exact) mass is 392 g/mol. The predicted molar refractivity (Wildman–Crippen MR) is 85.1 cm³/mol. The Kier molecular flexibility index (Phi) is 3.40. The van der Waals surface area contributed by atoms with Gasteiger partial charge in [-0.1, -0.05) is 0 Å². The molecule has 0 bridgehead atoms. The molecule has 0 aliphatic carbocycles. The van der Waals surface area contributed by atoms with E-state index in [2.05, 4.69) is 53.9 Å². The van der Waals surface area contributed by atoms with E-state index >= 15 is 0 Å². The normalized spacial score (nSPS) is 13.2. The molecule has 0 fully saturated rings. The molecule has 2 aromatic rings. The van der Waals surface area contributed by atoms with Crippen LogP contribution in [0, 0.1) is 11.3 Å². The van der Waals surface area contributed by atoms with Gasteiger partial charge in [0.15, 0.2) is 0 Å². The number of benzene rings is 1. The van der Waals surface area contributed by atoms with Crippen molar-refractivity contribution in [2.75, 3.05) is 10.6 Å². The molecule has 1 aromatic heterocycles. The predicted octanol–water partition coefficient (Wildman–Crippen LogP) is 3.58. The molecule has 0 spiro atoms. The second kappa shape index (κ2) is 5.08. The van der Waals surface area contributed by atoms with Crippen LogP contribution in [0.25, 0.3) is 0 Å². The van der Waals surface area contributed by atoms with Crippen LogP contribution in [0.5, 0.6) is 0 Å². The van der Waals surface area contributed by atoms with Crippen molar-refractivity contribution in [3.63, 3.8) is 0 Å². The quantitative estimate of drug-likeness (QED) is 0.803. The Morgan fingerprint density at radius 1 is 1.25 bits per heavy atom.